The van der Waals surface area contributed by atoms with E-state index in [1.54, 1.807) is 0 Å². The van der Waals surface area contributed by atoms with Gasteiger partial charge in [-0.3, -0.25) is 4.79 Å². The van der Waals surface area contributed by atoms with E-state index >= 15 is 0 Å². The average Bonchev–Trinajstić information content (AvgIpc) is 2.61. The molecule has 0 aliphatic rings. The van der Waals surface area contributed by atoms with E-state index in [-0.39, 0.29) is 11.8 Å². The molecule has 0 saturated carbocycles. The molecule has 2 atom stereocenters. The number of thiazole rings is 1. The Morgan fingerprint density at radius 1 is 1.73 bits per heavy atom. The molecule has 1 rings (SSSR count). The van der Waals surface area contributed by atoms with Gasteiger partial charge in [-0.15, -0.1) is 11.3 Å². The molecule has 0 bridgehead atoms. The van der Waals surface area contributed by atoms with Gasteiger partial charge >= 0.3 is 0 Å². The first kappa shape index (κ1) is 12.1. The Labute approximate surface area is 93.9 Å². The van der Waals surface area contributed by atoms with Gasteiger partial charge in [-0.1, -0.05) is 20.3 Å². The van der Waals surface area contributed by atoms with Crippen molar-refractivity contribution < 1.29 is 4.79 Å². The third-order valence-electron chi connectivity index (χ3n) is 2.41. The highest BCUT2D eigenvalue weighted by atomic mass is 32.1. The van der Waals surface area contributed by atoms with Crippen LogP contribution in [0.15, 0.2) is 5.38 Å². The van der Waals surface area contributed by atoms with Gasteiger partial charge in [-0.2, -0.15) is 0 Å². The summed E-state index contributed by atoms with van der Waals surface area (Å²) in [5.41, 5.74) is 6.70. The molecule has 84 valence electrons. The van der Waals surface area contributed by atoms with Crippen molar-refractivity contribution in [2.24, 2.45) is 11.7 Å². The summed E-state index contributed by atoms with van der Waals surface area (Å²) in [4.78, 5) is 15.8. The van der Waals surface area contributed by atoms with Crippen LogP contribution in [0, 0.1) is 12.8 Å². The fourth-order valence-corrected chi connectivity index (χ4v) is 1.80. The Kier molecular flexibility index (Phi) is 4.23. The highest BCUT2D eigenvalue weighted by Gasteiger charge is 2.19. The van der Waals surface area contributed by atoms with Gasteiger partial charge in [0.2, 0.25) is 5.91 Å². The lowest BCUT2D eigenvalue weighted by molar-refractivity contribution is -0.118. The van der Waals surface area contributed by atoms with Crippen LogP contribution in [0.25, 0.3) is 0 Å². The summed E-state index contributed by atoms with van der Waals surface area (Å²) < 4.78 is 0. The summed E-state index contributed by atoms with van der Waals surface area (Å²) in [6, 6.07) is -0.459. The molecule has 0 fully saturated rings. The summed E-state index contributed by atoms with van der Waals surface area (Å²) in [5.74, 6) is 0.0322. The van der Waals surface area contributed by atoms with Crippen molar-refractivity contribution in [3.63, 3.8) is 0 Å². The quantitative estimate of drug-likeness (QED) is 0.823. The van der Waals surface area contributed by atoms with Gasteiger partial charge in [0.05, 0.1) is 11.7 Å². The van der Waals surface area contributed by atoms with Crippen molar-refractivity contribution in [3.8, 4) is 0 Å². The number of nitrogens with one attached hydrogen (secondary N) is 1. The van der Waals surface area contributed by atoms with E-state index in [0.717, 1.165) is 12.1 Å². The highest BCUT2D eigenvalue weighted by Crippen LogP contribution is 2.15. The molecule has 0 spiro atoms. The van der Waals surface area contributed by atoms with E-state index < -0.39 is 6.04 Å². The Hall–Kier alpha value is -0.940. The number of nitrogens with two attached hydrogens (primary N) is 1. The second kappa shape index (κ2) is 5.23. The van der Waals surface area contributed by atoms with Crippen LogP contribution in [-0.4, -0.2) is 16.9 Å². The van der Waals surface area contributed by atoms with Gasteiger partial charge in [0.1, 0.15) is 0 Å². The monoisotopic (exact) mass is 227 g/mol. The van der Waals surface area contributed by atoms with Crippen LogP contribution in [-0.2, 0) is 4.79 Å². The van der Waals surface area contributed by atoms with Crippen molar-refractivity contribution in [1.82, 2.24) is 4.98 Å². The van der Waals surface area contributed by atoms with Crippen molar-refractivity contribution in [1.29, 1.82) is 0 Å². The number of anilines is 1. The summed E-state index contributed by atoms with van der Waals surface area (Å²) in [5, 5.41) is 5.24. The van der Waals surface area contributed by atoms with Gasteiger partial charge in [-0.05, 0) is 12.8 Å². The molecule has 0 aliphatic carbocycles. The summed E-state index contributed by atoms with van der Waals surface area (Å²) in [7, 11) is 0. The topological polar surface area (TPSA) is 68.0 Å². The van der Waals surface area contributed by atoms with E-state index in [9.17, 15) is 4.79 Å². The third kappa shape index (κ3) is 3.28. The van der Waals surface area contributed by atoms with Gasteiger partial charge in [-0.25, -0.2) is 4.98 Å². The molecule has 1 aromatic rings. The number of rotatable bonds is 4. The molecule has 4 nitrogen and oxygen atoms in total. The number of carbonyl (C=O) groups excluding carboxylic acids is 1. The zero-order chi connectivity index (χ0) is 11.4. The number of hydrogen-bond donors (Lipinski definition) is 2. The van der Waals surface area contributed by atoms with E-state index in [0.29, 0.717) is 5.13 Å². The smallest absolute Gasteiger partial charge is 0.243 e. The number of carbonyl (C=O) groups is 1. The van der Waals surface area contributed by atoms with Crippen LogP contribution >= 0.6 is 11.3 Å². The largest absolute Gasteiger partial charge is 0.320 e. The van der Waals surface area contributed by atoms with E-state index in [1.165, 1.54) is 11.3 Å². The number of hydrogen-bond acceptors (Lipinski definition) is 4. The molecule has 1 amide bonds. The molecular weight excluding hydrogens is 210 g/mol. The maximum Gasteiger partial charge on any atom is 0.243 e. The van der Waals surface area contributed by atoms with Crippen molar-refractivity contribution in [2.45, 2.75) is 33.2 Å². The van der Waals surface area contributed by atoms with E-state index in [4.69, 9.17) is 5.73 Å². The minimum atomic E-state index is -0.459. The number of nitrogens with zero attached hydrogens (tertiary/aromatic N) is 1. The fraction of sp³-hybridized carbons (Fsp3) is 0.600. The van der Waals surface area contributed by atoms with Gasteiger partial charge in [0, 0.05) is 5.38 Å². The van der Waals surface area contributed by atoms with Gasteiger partial charge in [0.25, 0.3) is 0 Å². The molecule has 0 unspecified atom stereocenters. The zero-order valence-electron chi connectivity index (χ0n) is 9.28. The maximum atomic E-state index is 11.7. The lowest BCUT2D eigenvalue weighted by Gasteiger charge is -2.16. The van der Waals surface area contributed by atoms with Crippen LogP contribution in [0.5, 0.6) is 0 Å². The first-order valence-corrected chi connectivity index (χ1v) is 5.91. The Balaban J connectivity index is 2.55. The predicted molar refractivity (Wildman–Crippen MR) is 62.9 cm³/mol. The lowest BCUT2D eigenvalue weighted by Crippen LogP contribution is -2.40. The standard InChI is InChI=1S/C10H17N3OS/c1-4-6(2)8(11)9(14)13-10-12-7(3)5-15-10/h5-6,8H,4,11H2,1-3H3,(H,12,13,14)/t6-,8-/m0/s1. The molecule has 0 saturated heterocycles. The summed E-state index contributed by atoms with van der Waals surface area (Å²) in [6.45, 7) is 5.88. The Morgan fingerprint density at radius 3 is 2.87 bits per heavy atom. The fourth-order valence-electron chi connectivity index (χ4n) is 1.11. The molecule has 0 aliphatic heterocycles. The van der Waals surface area contributed by atoms with Crippen LogP contribution in [0.2, 0.25) is 0 Å². The molecule has 1 aromatic heterocycles. The summed E-state index contributed by atoms with van der Waals surface area (Å²) >= 11 is 1.42. The molecule has 15 heavy (non-hydrogen) atoms. The minimum Gasteiger partial charge on any atom is -0.320 e. The second-order valence-electron chi connectivity index (χ2n) is 3.69. The molecule has 3 N–H and O–H groups in total. The van der Waals surface area contributed by atoms with Gasteiger partial charge < -0.3 is 11.1 Å². The maximum absolute atomic E-state index is 11.7. The average molecular weight is 227 g/mol. The van der Waals surface area contributed by atoms with Crippen LogP contribution in [0.1, 0.15) is 26.0 Å². The number of aromatic nitrogens is 1. The summed E-state index contributed by atoms with van der Waals surface area (Å²) in [6.07, 6.45) is 0.894. The van der Waals surface area contributed by atoms with Crippen LogP contribution in [0.4, 0.5) is 5.13 Å². The van der Waals surface area contributed by atoms with Crippen LogP contribution < -0.4 is 11.1 Å². The first-order chi connectivity index (χ1) is 7.04. The Bertz CT molecular complexity index is 337. The van der Waals surface area contributed by atoms with Crippen molar-refractivity contribution in [3.05, 3.63) is 11.1 Å². The van der Waals surface area contributed by atoms with Crippen molar-refractivity contribution in [2.75, 3.05) is 5.32 Å². The molecule has 0 aromatic carbocycles. The highest BCUT2D eigenvalue weighted by molar-refractivity contribution is 7.13. The number of amides is 1. The second-order valence-corrected chi connectivity index (χ2v) is 4.55. The molecule has 1 heterocycles. The molecule has 5 heteroatoms. The predicted octanol–water partition coefficient (Wildman–Crippen LogP) is 1.76. The lowest BCUT2D eigenvalue weighted by atomic mass is 10.00. The zero-order valence-corrected chi connectivity index (χ0v) is 10.1. The Morgan fingerprint density at radius 2 is 2.40 bits per heavy atom. The SMILES string of the molecule is CC[C@H](C)[C@H](N)C(=O)Nc1nc(C)cs1. The van der Waals surface area contributed by atoms with Crippen LogP contribution in [0.3, 0.4) is 0 Å². The normalized spacial score (nSPS) is 14.7. The third-order valence-corrected chi connectivity index (χ3v) is 3.28. The van der Waals surface area contributed by atoms with Crippen molar-refractivity contribution >= 4 is 22.4 Å². The molecule has 0 radical (unpaired) electrons. The molecular formula is C10H17N3OS. The number of aryl methyl sites for hydroxylation is 1. The first-order valence-electron chi connectivity index (χ1n) is 5.03. The minimum absolute atomic E-state index is 0.154. The van der Waals surface area contributed by atoms with E-state index in [2.05, 4.69) is 10.3 Å². The van der Waals surface area contributed by atoms with Gasteiger partial charge in [0.15, 0.2) is 5.13 Å². The van der Waals surface area contributed by atoms with E-state index in [1.807, 2.05) is 26.2 Å².